The number of aromatic nitrogens is 2. The van der Waals surface area contributed by atoms with Crippen molar-refractivity contribution in [2.45, 2.75) is 44.2 Å². The average Bonchev–Trinajstić information content (AvgIpc) is 3.14. The van der Waals surface area contributed by atoms with Gasteiger partial charge in [0.15, 0.2) is 0 Å². The van der Waals surface area contributed by atoms with E-state index in [4.69, 9.17) is 5.11 Å². The average molecular weight is 320 g/mol. The van der Waals surface area contributed by atoms with Crippen molar-refractivity contribution in [2.75, 3.05) is 13.1 Å². The quantitative estimate of drug-likeness (QED) is 0.724. The molecule has 3 rings (SSSR count). The molecule has 0 bridgehead atoms. The normalized spacial score (nSPS) is 23.6. The fraction of sp³-hybridized carbons (Fsp3) is 0.688. The number of aliphatic carboxylic acids is 1. The molecule has 2 aliphatic carbocycles. The maximum absolute atomic E-state index is 12.0. The summed E-state index contributed by atoms with van der Waals surface area (Å²) in [5, 5.41) is 16.1. The van der Waals surface area contributed by atoms with Crippen LogP contribution in [-0.4, -0.2) is 56.8 Å². The van der Waals surface area contributed by atoms with Crippen molar-refractivity contribution in [1.29, 1.82) is 0 Å². The van der Waals surface area contributed by atoms with Crippen molar-refractivity contribution in [1.82, 2.24) is 20.0 Å². The van der Waals surface area contributed by atoms with Gasteiger partial charge in [0.25, 0.3) is 0 Å². The second-order valence-corrected chi connectivity index (χ2v) is 6.86. The molecule has 1 amide bonds. The van der Waals surface area contributed by atoms with Crippen LogP contribution in [0.3, 0.4) is 0 Å². The maximum Gasteiger partial charge on any atom is 0.317 e. The molecule has 1 aromatic heterocycles. The number of hydrogen-bond donors (Lipinski definition) is 2. The minimum Gasteiger partial charge on any atom is -0.480 e. The van der Waals surface area contributed by atoms with Crippen molar-refractivity contribution in [3.63, 3.8) is 0 Å². The minimum absolute atomic E-state index is 0.00780. The van der Waals surface area contributed by atoms with Gasteiger partial charge in [0, 0.05) is 31.9 Å². The van der Waals surface area contributed by atoms with Crippen LogP contribution in [0.2, 0.25) is 0 Å². The number of carbonyl (C=O) groups is 2. The molecule has 0 spiro atoms. The number of nitrogens with one attached hydrogen (secondary N) is 1. The Morgan fingerprint density at radius 3 is 2.74 bits per heavy atom. The first-order chi connectivity index (χ1) is 11.0. The predicted octanol–water partition coefficient (Wildman–Crippen LogP) is 0.406. The molecule has 2 N–H and O–H groups in total. The lowest BCUT2D eigenvalue weighted by Gasteiger charge is -2.42. The van der Waals surface area contributed by atoms with Gasteiger partial charge in [-0.15, -0.1) is 0 Å². The van der Waals surface area contributed by atoms with Gasteiger partial charge in [0.1, 0.15) is 0 Å². The number of amides is 1. The highest BCUT2D eigenvalue weighted by atomic mass is 16.4. The maximum atomic E-state index is 12.0. The van der Waals surface area contributed by atoms with Crippen LogP contribution in [0.5, 0.6) is 0 Å². The molecule has 1 aromatic rings. The van der Waals surface area contributed by atoms with E-state index in [1.165, 1.54) is 12.8 Å². The van der Waals surface area contributed by atoms with E-state index in [0.717, 1.165) is 24.9 Å². The molecular weight excluding hydrogens is 296 g/mol. The largest absolute Gasteiger partial charge is 0.480 e. The number of carboxylic acid groups (broad SMARTS) is 1. The molecule has 2 fully saturated rings. The molecule has 0 unspecified atom stereocenters. The summed E-state index contributed by atoms with van der Waals surface area (Å²) < 4.78 is 1.68. The Morgan fingerprint density at radius 2 is 2.17 bits per heavy atom. The fourth-order valence-corrected chi connectivity index (χ4v) is 3.18. The van der Waals surface area contributed by atoms with E-state index >= 15 is 0 Å². The fourth-order valence-electron chi connectivity index (χ4n) is 3.18. The van der Waals surface area contributed by atoms with Gasteiger partial charge in [-0.3, -0.25) is 19.2 Å². The Bertz CT molecular complexity index is 576. The van der Waals surface area contributed by atoms with Gasteiger partial charge in [-0.2, -0.15) is 5.10 Å². The molecule has 0 saturated heterocycles. The Labute approximate surface area is 135 Å². The lowest BCUT2D eigenvalue weighted by atomic mass is 9.85. The summed E-state index contributed by atoms with van der Waals surface area (Å²) in [6, 6.07) is 0.454. The summed E-state index contributed by atoms with van der Waals surface area (Å²) in [5.74, 6) is -0.0864. The molecule has 0 aliphatic heterocycles. The number of carbonyl (C=O) groups excluding carboxylic acids is 1. The zero-order valence-corrected chi connectivity index (χ0v) is 13.4. The molecular formula is C16H24N4O3. The van der Waals surface area contributed by atoms with Gasteiger partial charge in [0.2, 0.25) is 5.91 Å². The van der Waals surface area contributed by atoms with Crippen molar-refractivity contribution < 1.29 is 14.7 Å². The Hall–Kier alpha value is -1.89. The van der Waals surface area contributed by atoms with Crippen LogP contribution in [0, 0.1) is 5.92 Å². The van der Waals surface area contributed by atoms with Crippen molar-refractivity contribution >= 4 is 11.9 Å². The van der Waals surface area contributed by atoms with Crippen LogP contribution in [0.25, 0.3) is 0 Å². The number of carboxylic acids is 1. The molecule has 23 heavy (non-hydrogen) atoms. The third-order valence-corrected chi connectivity index (χ3v) is 4.65. The van der Waals surface area contributed by atoms with E-state index in [0.29, 0.717) is 12.3 Å². The number of hydrogen-bond acceptors (Lipinski definition) is 4. The predicted molar refractivity (Wildman–Crippen MR) is 83.8 cm³/mol. The molecule has 2 saturated carbocycles. The van der Waals surface area contributed by atoms with E-state index < -0.39 is 5.97 Å². The molecule has 7 heteroatoms. The SMILES string of the molecule is Cn1cc(CC(=O)NC2CC(N(CC(=O)O)CC3CC3)C2)cn1. The molecule has 7 nitrogen and oxygen atoms in total. The summed E-state index contributed by atoms with van der Waals surface area (Å²) in [7, 11) is 1.83. The van der Waals surface area contributed by atoms with Crippen LogP contribution < -0.4 is 5.32 Å². The monoisotopic (exact) mass is 320 g/mol. The molecule has 2 aliphatic rings. The van der Waals surface area contributed by atoms with Crippen LogP contribution in [0.4, 0.5) is 0 Å². The van der Waals surface area contributed by atoms with E-state index in [9.17, 15) is 9.59 Å². The third kappa shape index (κ3) is 4.54. The van der Waals surface area contributed by atoms with E-state index in [1.54, 1.807) is 10.9 Å². The lowest BCUT2D eigenvalue weighted by Crippen LogP contribution is -2.55. The Kier molecular flexibility index (Phi) is 4.66. The van der Waals surface area contributed by atoms with E-state index in [2.05, 4.69) is 15.3 Å². The van der Waals surface area contributed by atoms with Crippen LogP contribution in [0.1, 0.15) is 31.2 Å². The Balaban J connectivity index is 1.41. The number of aryl methyl sites for hydroxylation is 1. The summed E-state index contributed by atoms with van der Waals surface area (Å²) >= 11 is 0. The van der Waals surface area contributed by atoms with Gasteiger partial charge in [-0.25, -0.2) is 0 Å². The van der Waals surface area contributed by atoms with Gasteiger partial charge >= 0.3 is 5.97 Å². The number of rotatable bonds is 8. The summed E-state index contributed by atoms with van der Waals surface area (Å²) in [4.78, 5) is 25.1. The van der Waals surface area contributed by atoms with Gasteiger partial charge in [-0.1, -0.05) is 0 Å². The summed E-state index contributed by atoms with van der Waals surface area (Å²) in [5.41, 5.74) is 0.905. The highest BCUT2D eigenvalue weighted by molar-refractivity contribution is 5.78. The Morgan fingerprint density at radius 1 is 1.43 bits per heavy atom. The van der Waals surface area contributed by atoms with Gasteiger partial charge in [-0.05, 0) is 37.2 Å². The molecule has 0 radical (unpaired) electrons. The summed E-state index contributed by atoms with van der Waals surface area (Å²) in [6.45, 7) is 0.991. The molecule has 0 atom stereocenters. The molecule has 126 valence electrons. The van der Waals surface area contributed by atoms with Crippen molar-refractivity contribution in [3.05, 3.63) is 18.0 Å². The highest BCUT2D eigenvalue weighted by Crippen LogP contribution is 2.33. The summed E-state index contributed by atoms with van der Waals surface area (Å²) in [6.07, 6.45) is 8.01. The second kappa shape index (κ2) is 6.70. The topological polar surface area (TPSA) is 87.5 Å². The first-order valence-electron chi connectivity index (χ1n) is 8.22. The molecule has 0 aromatic carbocycles. The minimum atomic E-state index is -0.769. The lowest BCUT2D eigenvalue weighted by molar-refractivity contribution is -0.140. The van der Waals surface area contributed by atoms with E-state index in [-0.39, 0.29) is 24.5 Å². The van der Waals surface area contributed by atoms with Crippen LogP contribution in [0.15, 0.2) is 12.4 Å². The zero-order chi connectivity index (χ0) is 16.4. The van der Waals surface area contributed by atoms with Crippen LogP contribution in [-0.2, 0) is 23.1 Å². The first-order valence-corrected chi connectivity index (χ1v) is 8.22. The number of nitrogens with zero attached hydrogens (tertiary/aromatic N) is 3. The second-order valence-electron chi connectivity index (χ2n) is 6.86. The first kappa shape index (κ1) is 16.0. The zero-order valence-electron chi connectivity index (χ0n) is 13.4. The smallest absolute Gasteiger partial charge is 0.317 e. The third-order valence-electron chi connectivity index (χ3n) is 4.65. The van der Waals surface area contributed by atoms with Crippen LogP contribution >= 0.6 is 0 Å². The standard InChI is InChI=1S/C16H24N4O3/c1-19-8-12(7-17-19)4-15(21)18-13-5-14(6-13)20(10-16(22)23)9-11-2-3-11/h7-8,11,13-14H,2-6,9-10H2,1H3,(H,18,21)(H,22,23). The highest BCUT2D eigenvalue weighted by Gasteiger charge is 2.37. The van der Waals surface area contributed by atoms with Crippen molar-refractivity contribution in [3.8, 4) is 0 Å². The van der Waals surface area contributed by atoms with E-state index in [1.807, 2.05) is 13.2 Å². The van der Waals surface area contributed by atoms with Gasteiger partial charge < -0.3 is 10.4 Å². The molecule has 1 heterocycles. The van der Waals surface area contributed by atoms with Gasteiger partial charge in [0.05, 0.1) is 19.2 Å². The van der Waals surface area contributed by atoms with Crippen molar-refractivity contribution in [2.24, 2.45) is 13.0 Å².